The molecule has 1 unspecified atom stereocenters. The fourth-order valence-corrected chi connectivity index (χ4v) is 1.93. The van der Waals surface area contributed by atoms with Crippen LogP contribution in [0.4, 0.5) is 5.69 Å². The third-order valence-corrected chi connectivity index (χ3v) is 2.86. The second kappa shape index (κ2) is 5.01. The van der Waals surface area contributed by atoms with Crippen LogP contribution in [0.1, 0.15) is 32.7 Å². The van der Waals surface area contributed by atoms with Gasteiger partial charge < -0.3 is 15.0 Å². The number of nitrogens with two attached hydrogens (primary N) is 1. The second-order valence-electron chi connectivity index (χ2n) is 5.56. The van der Waals surface area contributed by atoms with Crippen molar-refractivity contribution in [3.8, 4) is 11.5 Å². The van der Waals surface area contributed by atoms with E-state index in [4.69, 9.17) is 15.0 Å². The van der Waals surface area contributed by atoms with Crippen molar-refractivity contribution in [1.29, 1.82) is 0 Å². The lowest BCUT2D eigenvalue weighted by molar-refractivity contribution is 0.00718. The summed E-state index contributed by atoms with van der Waals surface area (Å²) in [6.07, 6.45) is -0.209. The predicted octanol–water partition coefficient (Wildman–Crippen LogP) is 3.05. The zero-order valence-corrected chi connectivity index (χ0v) is 11.7. The summed E-state index contributed by atoms with van der Waals surface area (Å²) in [7, 11) is 1.65. The zero-order chi connectivity index (χ0) is 14.0. The Kier molecular flexibility index (Phi) is 3.57. The summed E-state index contributed by atoms with van der Waals surface area (Å²) in [5.74, 6) is 1.03. The van der Waals surface area contributed by atoms with Gasteiger partial charge in [-0.25, -0.2) is 0 Å². The fraction of sp³-hybridized carbons (Fsp3) is 0.429. The van der Waals surface area contributed by atoms with E-state index in [1.165, 1.54) is 0 Å². The van der Waals surface area contributed by atoms with E-state index >= 15 is 0 Å². The van der Waals surface area contributed by atoms with Gasteiger partial charge in [0.1, 0.15) is 6.10 Å². The molecule has 0 fully saturated rings. The fourth-order valence-electron chi connectivity index (χ4n) is 1.93. The molecule has 1 heterocycles. The van der Waals surface area contributed by atoms with Crippen LogP contribution in [0.3, 0.4) is 0 Å². The smallest absolute Gasteiger partial charge is 0.258 e. The maximum atomic E-state index is 5.65. The van der Waals surface area contributed by atoms with Crippen molar-refractivity contribution >= 4 is 5.69 Å². The van der Waals surface area contributed by atoms with Crippen LogP contribution in [0.15, 0.2) is 28.8 Å². The van der Waals surface area contributed by atoms with Gasteiger partial charge in [0.05, 0.1) is 0 Å². The maximum Gasteiger partial charge on any atom is 0.258 e. The molecule has 0 amide bonds. The SMILES string of the molecule is COC(c1noc(-c2ccc(N)cc2)n1)C(C)(C)C. The molecule has 0 spiro atoms. The first-order chi connectivity index (χ1) is 8.91. The van der Waals surface area contributed by atoms with Crippen molar-refractivity contribution in [1.82, 2.24) is 10.1 Å². The lowest BCUT2D eigenvalue weighted by Crippen LogP contribution is -2.21. The van der Waals surface area contributed by atoms with Gasteiger partial charge in [0.15, 0.2) is 0 Å². The molecule has 102 valence electrons. The topological polar surface area (TPSA) is 74.2 Å². The van der Waals surface area contributed by atoms with Gasteiger partial charge in [-0.05, 0) is 29.7 Å². The van der Waals surface area contributed by atoms with Crippen LogP contribution in [-0.2, 0) is 4.74 Å². The molecule has 1 aromatic carbocycles. The average molecular weight is 261 g/mol. The standard InChI is InChI=1S/C14H19N3O2/c1-14(2,3)11(18-4)12-16-13(19-17-12)9-5-7-10(15)8-6-9/h5-8,11H,15H2,1-4H3. The Hall–Kier alpha value is -1.88. The van der Waals surface area contributed by atoms with Crippen molar-refractivity contribution in [2.75, 3.05) is 12.8 Å². The van der Waals surface area contributed by atoms with E-state index < -0.39 is 0 Å². The summed E-state index contributed by atoms with van der Waals surface area (Å²) >= 11 is 0. The first-order valence-corrected chi connectivity index (χ1v) is 6.14. The van der Waals surface area contributed by atoms with Crippen molar-refractivity contribution in [2.45, 2.75) is 26.9 Å². The van der Waals surface area contributed by atoms with E-state index in [1.807, 2.05) is 12.1 Å². The summed E-state index contributed by atoms with van der Waals surface area (Å²) < 4.78 is 10.8. The lowest BCUT2D eigenvalue weighted by Gasteiger charge is -2.26. The van der Waals surface area contributed by atoms with E-state index in [2.05, 4.69) is 30.9 Å². The highest BCUT2D eigenvalue weighted by Gasteiger charge is 2.30. The Morgan fingerprint density at radius 3 is 2.37 bits per heavy atom. The van der Waals surface area contributed by atoms with Crippen LogP contribution in [0.2, 0.25) is 0 Å². The number of nitrogens with zero attached hydrogens (tertiary/aromatic N) is 2. The number of nitrogen functional groups attached to an aromatic ring is 1. The molecule has 2 aromatic rings. The van der Waals surface area contributed by atoms with Gasteiger partial charge in [-0.1, -0.05) is 25.9 Å². The van der Waals surface area contributed by atoms with Gasteiger partial charge in [0, 0.05) is 18.4 Å². The van der Waals surface area contributed by atoms with Crippen LogP contribution < -0.4 is 5.73 Å². The Morgan fingerprint density at radius 1 is 1.21 bits per heavy atom. The van der Waals surface area contributed by atoms with Crippen LogP contribution in [-0.4, -0.2) is 17.3 Å². The molecule has 0 saturated heterocycles. The molecule has 0 bridgehead atoms. The molecule has 0 saturated carbocycles. The highest BCUT2D eigenvalue weighted by Crippen LogP contribution is 2.34. The summed E-state index contributed by atoms with van der Waals surface area (Å²) in [6, 6.07) is 7.31. The molecule has 2 rings (SSSR count). The van der Waals surface area contributed by atoms with Gasteiger partial charge in [0.25, 0.3) is 5.89 Å². The number of hydrogen-bond donors (Lipinski definition) is 1. The largest absolute Gasteiger partial charge is 0.399 e. The third kappa shape index (κ3) is 2.93. The lowest BCUT2D eigenvalue weighted by atomic mass is 9.88. The minimum atomic E-state index is -0.209. The molecule has 5 nitrogen and oxygen atoms in total. The zero-order valence-electron chi connectivity index (χ0n) is 11.7. The minimum absolute atomic E-state index is 0.100. The summed E-state index contributed by atoms with van der Waals surface area (Å²) in [5.41, 5.74) is 7.10. The highest BCUT2D eigenvalue weighted by atomic mass is 16.5. The molecule has 2 N–H and O–H groups in total. The second-order valence-corrected chi connectivity index (χ2v) is 5.56. The van der Waals surface area contributed by atoms with Crippen LogP contribution >= 0.6 is 0 Å². The molecular formula is C14H19N3O2. The molecule has 0 aliphatic heterocycles. The predicted molar refractivity (Wildman–Crippen MR) is 73.4 cm³/mol. The summed E-state index contributed by atoms with van der Waals surface area (Å²) in [5, 5.41) is 4.01. The Labute approximate surface area is 112 Å². The van der Waals surface area contributed by atoms with Crippen LogP contribution in [0, 0.1) is 5.41 Å². The minimum Gasteiger partial charge on any atom is -0.399 e. The quantitative estimate of drug-likeness (QED) is 0.859. The van der Waals surface area contributed by atoms with Gasteiger partial charge in [-0.15, -0.1) is 0 Å². The van der Waals surface area contributed by atoms with Gasteiger partial charge in [-0.3, -0.25) is 0 Å². The average Bonchev–Trinajstić information content (AvgIpc) is 2.78. The van der Waals surface area contributed by atoms with E-state index in [-0.39, 0.29) is 11.5 Å². The van der Waals surface area contributed by atoms with E-state index in [1.54, 1.807) is 19.2 Å². The van der Waals surface area contributed by atoms with Crippen molar-refractivity contribution in [2.24, 2.45) is 5.41 Å². The molecular weight excluding hydrogens is 242 g/mol. The van der Waals surface area contributed by atoms with Gasteiger partial charge >= 0.3 is 0 Å². The number of hydrogen-bond acceptors (Lipinski definition) is 5. The number of methoxy groups -OCH3 is 1. The third-order valence-electron chi connectivity index (χ3n) is 2.86. The van der Waals surface area contributed by atoms with Crippen LogP contribution in [0.25, 0.3) is 11.5 Å². The van der Waals surface area contributed by atoms with E-state index in [0.29, 0.717) is 17.4 Å². The molecule has 1 aromatic heterocycles. The maximum absolute atomic E-state index is 5.65. The Balaban J connectivity index is 2.30. The molecule has 1 atom stereocenters. The van der Waals surface area contributed by atoms with E-state index in [9.17, 15) is 0 Å². The number of aromatic nitrogens is 2. The molecule has 5 heteroatoms. The highest BCUT2D eigenvalue weighted by molar-refractivity contribution is 5.56. The monoisotopic (exact) mass is 261 g/mol. The molecule has 0 radical (unpaired) electrons. The van der Waals surface area contributed by atoms with Gasteiger partial charge in [-0.2, -0.15) is 4.98 Å². The normalized spacial score (nSPS) is 13.5. The number of ether oxygens (including phenoxy) is 1. The number of benzene rings is 1. The van der Waals surface area contributed by atoms with Crippen molar-refractivity contribution in [3.05, 3.63) is 30.1 Å². The Bertz CT molecular complexity index is 541. The van der Waals surface area contributed by atoms with Gasteiger partial charge in [0.2, 0.25) is 5.82 Å². The van der Waals surface area contributed by atoms with Crippen molar-refractivity contribution in [3.63, 3.8) is 0 Å². The van der Waals surface area contributed by atoms with E-state index in [0.717, 1.165) is 5.56 Å². The molecule has 19 heavy (non-hydrogen) atoms. The summed E-state index contributed by atoms with van der Waals surface area (Å²) in [6.45, 7) is 6.21. The first-order valence-electron chi connectivity index (χ1n) is 6.14. The molecule has 0 aliphatic carbocycles. The molecule has 0 aliphatic rings. The van der Waals surface area contributed by atoms with Crippen molar-refractivity contribution < 1.29 is 9.26 Å². The number of rotatable bonds is 3. The summed E-state index contributed by atoms with van der Waals surface area (Å²) in [4.78, 5) is 4.40. The van der Waals surface area contributed by atoms with Crippen LogP contribution in [0.5, 0.6) is 0 Å². The first kappa shape index (κ1) is 13.5. The Morgan fingerprint density at radius 2 is 1.84 bits per heavy atom. The number of anilines is 1.